The van der Waals surface area contributed by atoms with Gasteiger partial charge in [-0.25, -0.2) is 0 Å². The van der Waals surface area contributed by atoms with Gasteiger partial charge < -0.3 is 4.90 Å². The predicted octanol–water partition coefficient (Wildman–Crippen LogP) is 1.03. The van der Waals surface area contributed by atoms with Gasteiger partial charge in [0.05, 0.1) is 0 Å². The minimum Gasteiger partial charge on any atom is -0.377 e. The van der Waals surface area contributed by atoms with E-state index in [4.69, 9.17) is 5.39 Å². The highest BCUT2D eigenvalue weighted by Crippen LogP contribution is 1.72. The molecule has 0 aromatic heterocycles. The molecule has 42 valence electrons. The summed E-state index contributed by atoms with van der Waals surface area (Å²) >= 11 is 0. The lowest BCUT2D eigenvalue weighted by Crippen LogP contribution is -1.98. The number of hydrogen-bond donors (Lipinski definition) is 0. The Hall–Kier alpha value is -1.26. The normalized spacial score (nSPS) is 6.12. The molecule has 0 aromatic rings. The smallest absolute Gasteiger partial charge is 0.377 e. The van der Waals surface area contributed by atoms with Crippen molar-refractivity contribution in [2.24, 2.45) is 0 Å². The quantitative estimate of drug-likeness (QED) is 0.373. The van der Waals surface area contributed by atoms with Crippen LogP contribution in [0.5, 0.6) is 0 Å². The van der Waals surface area contributed by atoms with Crippen LogP contribution in [0.15, 0.2) is 18.1 Å². The molecular weight excluding hydrogens is 102 g/mol. The Kier molecular flexibility index (Phi) is 3.30. The molecule has 0 unspecified atom stereocenters. The second kappa shape index (κ2) is 3.91. The first-order chi connectivity index (χ1) is 3.77. The molecular formula is C5H8N3+. The van der Waals surface area contributed by atoms with E-state index in [9.17, 15) is 0 Å². The van der Waals surface area contributed by atoms with Crippen LogP contribution >= 0.6 is 0 Å². The molecule has 0 atom stereocenters. The van der Waals surface area contributed by atoms with Gasteiger partial charge in [-0.15, -0.1) is 0 Å². The Morgan fingerprint density at radius 3 is 2.62 bits per heavy atom. The average Bonchev–Trinajstić information content (AvgIpc) is 1.66. The van der Waals surface area contributed by atoms with Gasteiger partial charge in [-0.3, -0.25) is 0 Å². The zero-order chi connectivity index (χ0) is 6.41. The van der Waals surface area contributed by atoms with E-state index in [1.807, 2.05) is 14.1 Å². The third-order valence-corrected chi connectivity index (χ3v) is 0.465. The van der Waals surface area contributed by atoms with Crippen molar-refractivity contribution in [2.45, 2.75) is 0 Å². The van der Waals surface area contributed by atoms with Gasteiger partial charge in [0.15, 0.2) is 4.98 Å². The van der Waals surface area contributed by atoms with Crippen LogP contribution in [0.1, 0.15) is 0 Å². The van der Waals surface area contributed by atoms with Gasteiger partial charge in [0.25, 0.3) is 0 Å². The lowest BCUT2D eigenvalue weighted by atomic mass is 10.7. The Morgan fingerprint density at radius 1 is 1.62 bits per heavy atom. The first kappa shape index (κ1) is 6.74. The maximum Gasteiger partial charge on any atom is 0.394 e. The van der Waals surface area contributed by atoms with Gasteiger partial charge in [0, 0.05) is 20.3 Å². The zero-order valence-electron chi connectivity index (χ0n) is 5.00. The average molecular weight is 110 g/mol. The minimum absolute atomic E-state index is 1.18. The minimum atomic E-state index is 1.18. The van der Waals surface area contributed by atoms with E-state index < -0.39 is 0 Å². The van der Waals surface area contributed by atoms with Crippen LogP contribution in [0, 0.1) is 5.39 Å². The molecule has 0 saturated heterocycles. The lowest BCUT2D eigenvalue weighted by molar-refractivity contribution is 0.565. The number of diazo groups is 1. The fraction of sp³-hybridized carbons (Fsp3) is 0.400. The molecule has 0 heterocycles. The second-order valence-corrected chi connectivity index (χ2v) is 1.50. The van der Waals surface area contributed by atoms with Gasteiger partial charge >= 0.3 is 6.20 Å². The summed E-state index contributed by atoms with van der Waals surface area (Å²) in [5.74, 6) is 0. The molecule has 0 radical (unpaired) electrons. The summed E-state index contributed by atoms with van der Waals surface area (Å²) < 4.78 is 0. The van der Waals surface area contributed by atoms with E-state index in [-0.39, 0.29) is 0 Å². The summed E-state index contributed by atoms with van der Waals surface area (Å²) in [4.78, 5) is 4.51. The molecule has 0 fully saturated rings. The van der Waals surface area contributed by atoms with Gasteiger partial charge in [-0.2, -0.15) is 0 Å². The number of hydrogen-bond acceptors (Lipinski definition) is 2. The van der Waals surface area contributed by atoms with Crippen molar-refractivity contribution in [1.82, 2.24) is 4.90 Å². The summed E-state index contributed by atoms with van der Waals surface area (Å²) in [6, 6.07) is 0. The summed E-state index contributed by atoms with van der Waals surface area (Å²) in [6.45, 7) is 0. The van der Waals surface area contributed by atoms with Gasteiger partial charge in [-0.05, 0) is 5.73 Å². The van der Waals surface area contributed by atoms with Crippen molar-refractivity contribution in [3.05, 3.63) is 23.1 Å². The second-order valence-electron chi connectivity index (χ2n) is 1.50. The Labute approximate surface area is 48.5 Å². The molecule has 3 nitrogen and oxygen atoms in total. The third-order valence-electron chi connectivity index (χ3n) is 0.465. The molecule has 8 heavy (non-hydrogen) atoms. The molecule has 0 saturated carbocycles. The maximum absolute atomic E-state index is 7.85. The third kappa shape index (κ3) is 4.74. The van der Waals surface area contributed by atoms with Crippen LogP contribution in [0.25, 0.3) is 4.98 Å². The number of nitrogens with zero attached hydrogens (tertiary/aromatic N) is 3. The fourth-order valence-corrected chi connectivity index (χ4v) is 0.216. The summed E-state index contributed by atoms with van der Waals surface area (Å²) in [7, 11) is 3.72. The maximum atomic E-state index is 7.85. The highest BCUT2D eigenvalue weighted by molar-refractivity contribution is 4.87. The van der Waals surface area contributed by atoms with Crippen molar-refractivity contribution in [2.75, 3.05) is 14.1 Å². The molecule has 0 aromatic carbocycles. The van der Waals surface area contributed by atoms with Gasteiger partial charge in [0.2, 0.25) is 5.39 Å². The van der Waals surface area contributed by atoms with E-state index in [0.29, 0.717) is 0 Å². The van der Waals surface area contributed by atoms with Crippen LogP contribution in [0.3, 0.4) is 0 Å². The summed E-state index contributed by atoms with van der Waals surface area (Å²) in [6.07, 6.45) is 2.83. The highest BCUT2D eigenvalue weighted by atomic mass is 15.0. The van der Waals surface area contributed by atoms with E-state index in [1.165, 1.54) is 6.20 Å². The highest BCUT2D eigenvalue weighted by Gasteiger charge is 1.72. The molecule has 3 heteroatoms. The molecule has 0 aliphatic rings. The molecule has 0 spiro atoms. The van der Waals surface area contributed by atoms with Crippen LogP contribution in [0.4, 0.5) is 0 Å². The van der Waals surface area contributed by atoms with E-state index >= 15 is 0 Å². The Balaban J connectivity index is 3.69. The van der Waals surface area contributed by atoms with Crippen molar-refractivity contribution in [3.8, 4) is 0 Å². The Bertz CT molecular complexity index is 146. The molecule has 0 aliphatic carbocycles. The first-order valence-corrected chi connectivity index (χ1v) is 2.19. The van der Waals surface area contributed by atoms with Crippen LogP contribution < -0.4 is 0 Å². The van der Waals surface area contributed by atoms with Crippen molar-refractivity contribution in [1.29, 1.82) is 5.39 Å². The molecule has 0 amide bonds. The largest absolute Gasteiger partial charge is 0.394 e. The first-order valence-electron chi connectivity index (χ1n) is 2.19. The van der Waals surface area contributed by atoms with Crippen LogP contribution in [0.2, 0.25) is 0 Å². The van der Waals surface area contributed by atoms with Crippen molar-refractivity contribution in [3.63, 3.8) is 0 Å². The molecule has 0 N–H and O–H groups in total. The predicted molar refractivity (Wildman–Crippen MR) is 31.4 cm³/mol. The van der Waals surface area contributed by atoms with E-state index in [2.05, 4.69) is 10.7 Å². The molecule has 0 rings (SSSR count). The summed E-state index contributed by atoms with van der Waals surface area (Å²) in [5.41, 5.74) is 2.59. The van der Waals surface area contributed by atoms with Crippen molar-refractivity contribution < 1.29 is 0 Å². The van der Waals surface area contributed by atoms with E-state index in [0.717, 1.165) is 0 Å². The van der Waals surface area contributed by atoms with Crippen LogP contribution in [-0.2, 0) is 0 Å². The molecule has 0 bridgehead atoms. The van der Waals surface area contributed by atoms with Crippen molar-refractivity contribution >= 4 is 0 Å². The molecule has 0 aliphatic heterocycles. The van der Waals surface area contributed by atoms with Crippen LogP contribution in [-0.4, -0.2) is 19.0 Å². The SMILES string of the molecule is CN(C)C=C=C[N+]#N. The zero-order valence-corrected chi connectivity index (χ0v) is 5.00. The monoisotopic (exact) mass is 110 g/mol. The standard InChI is InChI=1S/C5H8N3/c1-8(2)5-3-4-7-6/h4-5H,1-2H3/q+1. The Morgan fingerprint density at radius 2 is 2.25 bits per heavy atom. The summed E-state index contributed by atoms with van der Waals surface area (Å²) in [5, 5.41) is 7.85. The van der Waals surface area contributed by atoms with Gasteiger partial charge in [-0.1, -0.05) is 0 Å². The topological polar surface area (TPSA) is 31.4 Å². The number of rotatable bonds is 1. The van der Waals surface area contributed by atoms with Gasteiger partial charge in [0.1, 0.15) is 0 Å². The fourth-order valence-electron chi connectivity index (χ4n) is 0.216. The lowest BCUT2D eigenvalue weighted by Gasteiger charge is -1.97. The van der Waals surface area contributed by atoms with E-state index in [1.54, 1.807) is 11.1 Å².